The maximum Gasteiger partial charge on any atom is 0.310 e. The van der Waals surface area contributed by atoms with E-state index in [1.54, 1.807) is 40.8 Å². The second-order valence-corrected chi connectivity index (χ2v) is 8.44. The molecule has 2 aromatic carbocycles. The number of carbonyl (C=O) groups is 2. The molecule has 0 spiro atoms. The van der Waals surface area contributed by atoms with Crippen LogP contribution in [0.4, 0.5) is 4.39 Å². The quantitative estimate of drug-likeness (QED) is 0.529. The maximum atomic E-state index is 14.5. The molecule has 0 N–H and O–H groups in total. The molecule has 4 rings (SSSR count). The van der Waals surface area contributed by atoms with Gasteiger partial charge in [-0.3, -0.25) is 9.59 Å². The molecule has 1 fully saturated rings. The van der Waals surface area contributed by atoms with E-state index in [1.165, 1.54) is 6.07 Å². The summed E-state index contributed by atoms with van der Waals surface area (Å²) in [5, 5.41) is 4.64. The Morgan fingerprint density at radius 3 is 2.67 bits per heavy atom. The van der Waals surface area contributed by atoms with E-state index in [1.807, 2.05) is 32.0 Å². The SMILES string of the molecule is CCOC(=O)C1CCCN(C(=O)c2cc(-c3ccccc3F)nn2-c2ccc(C)cc2C)C1. The van der Waals surface area contributed by atoms with Gasteiger partial charge in [-0.2, -0.15) is 5.10 Å². The molecule has 2 heterocycles. The highest BCUT2D eigenvalue weighted by atomic mass is 19.1. The van der Waals surface area contributed by atoms with Crippen molar-refractivity contribution >= 4 is 11.9 Å². The van der Waals surface area contributed by atoms with Crippen LogP contribution in [0.2, 0.25) is 0 Å². The molecule has 0 saturated carbocycles. The number of carbonyl (C=O) groups excluding carboxylic acids is 2. The smallest absolute Gasteiger partial charge is 0.310 e. The predicted molar refractivity (Wildman–Crippen MR) is 124 cm³/mol. The van der Waals surface area contributed by atoms with Gasteiger partial charge in [-0.1, -0.05) is 29.8 Å². The van der Waals surface area contributed by atoms with Crippen molar-refractivity contribution in [1.82, 2.24) is 14.7 Å². The molecule has 1 aromatic heterocycles. The van der Waals surface area contributed by atoms with E-state index in [9.17, 15) is 14.0 Å². The van der Waals surface area contributed by atoms with Crippen LogP contribution in [-0.4, -0.2) is 46.3 Å². The molecule has 3 aromatic rings. The second-order valence-electron chi connectivity index (χ2n) is 8.44. The third kappa shape index (κ3) is 4.67. The molecule has 1 saturated heterocycles. The number of benzene rings is 2. The molecule has 6 nitrogen and oxygen atoms in total. The minimum Gasteiger partial charge on any atom is -0.466 e. The summed E-state index contributed by atoms with van der Waals surface area (Å²) in [6, 6.07) is 13.9. The number of hydrogen-bond acceptors (Lipinski definition) is 4. The number of esters is 1. The van der Waals surface area contributed by atoms with Gasteiger partial charge in [0.2, 0.25) is 0 Å². The summed E-state index contributed by atoms with van der Waals surface area (Å²) < 4.78 is 21.3. The summed E-state index contributed by atoms with van der Waals surface area (Å²) in [6.45, 7) is 6.89. The number of aromatic nitrogens is 2. The van der Waals surface area contributed by atoms with Gasteiger partial charge in [0.25, 0.3) is 5.91 Å². The highest BCUT2D eigenvalue weighted by Crippen LogP contribution is 2.28. The van der Waals surface area contributed by atoms with E-state index < -0.39 is 5.82 Å². The Kier molecular flexibility index (Phi) is 6.58. The normalized spacial score (nSPS) is 16.0. The Hall–Kier alpha value is -3.48. The van der Waals surface area contributed by atoms with E-state index in [0.717, 1.165) is 16.8 Å². The van der Waals surface area contributed by atoms with Crippen LogP contribution >= 0.6 is 0 Å². The van der Waals surface area contributed by atoms with Gasteiger partial charge in [0.05, 0.1) is 23.9 Å². The summed E-state index contributed by atoms with van der Waals surface area (Å²) in [4.78, 5) is 27.6. The molecule has 0 aliphatic carbocycles. The van der Waals surface area contributed by atoms with Gasteiger partial charge in [0, 0.05) is 18.7 Å². The third-order valence-electron chi connectivity index (χ3n) is 5.99. The Morgan fingerprint density at radius 1 is 1.15 bits per heavy atom. The van der Waals surface area contributed by atoms with Gasteiger partial charge in [-0.25, -0.2) is 9.07 Å². The Balaban J connectivity index is 1.75. The monoisotopic (exact) mass is 449 g/mol. The second kappa shape index (κ2) is 9.57. The van der Waals surface area contributed by atoms with Crippen molar-refractivity contribution in [3.63, 3.8) is 0 Å². The standard InChI is InChI=1S/C26H28FN3O3/c1-4-33-26(32)19-8-7-13-29(16-19)25(31)24-15-22(20-9-5-6-10-21(20)27)28-30(24)23-12-11-17(2)14-18(23)3/h5-6,9-12,14-15,19H,4,7-8,13,16H2,1-3H3. The van der Waals surface area contributed by atoms with Crippen LogP contribution in [0, 0.1) is 25.6 Å². The van der Waals surface area contributed by atoms with E-state index in [2.05, 4.69) is 5.10 Å². The zero-order valence-electron chi connectivity index (χ0n) is 19.2. The van der Waals surface area contributed by atoms with Crippen LogP contribution in [0.25, 0.3) is 16.9 Å². The maximum absolute atomic E-state index is 14.5. The zero-order valence-corrected chi connectivity index (χ0v) is 19.2. The van der Waals surface area contributed by atoms with Gasteiger partial charge in [-0.15, -0.1) is 0 Å². The zero-order chi connectivity index (χ0) is 23.5. The van der Waals surface area contributed by atoms with Crippen LogP contribution < -0.4 is 0 Å². The molecule has 0 bridgehead atoms. The first kappa shape index (κ1) is 22.7. The van der Waals surface area contributed by atoms with Crippen LogP contribution in [0.5, 0.6) is 0 Å². The molecule has 0 radical (unpaired) electrons. The van der Waals surface area contributed by atoms with Gasteiger partial charge in [0.15, 0.2) is 0 Å². The van der Waals surface area contributed by atoms with E-state index in [-0.39, 0.29) is 17.8 Å². The van der Waals surface area contributed by atoms with Crippen LogP contribution in [0.15, 0.2) is 48.5 Å². The average molecular weight is 450 g/mol. The van der Waals surface area contributed by atoms with Crippen molar-refractivity contribution in [3.8, 4) is 16.9 Å². The van der Waals surface area contributed by atoms with E-state index in [0.29, 0.717) is 49.5 Å². The van der Waals surface area contributed by atoms with Crippen molar-refractivity contribution in [1.29, 1.82) is 0 Å². The van der Waals surface area contributed by atoms with Crippen LogP contribution in [0.3, 0.4) is 0 Å². The van der Waals surface area contributed by atoms with Crippen molar-refractivity contribution in [2.45, 2.75) is 33.6 Å². The Morgan fingerprint density at radius 2 is 1.94 bits per heavy atom. The first-order chi connectivity index (χ1) is 15.9. The molecule has 7 heteroatoms. The number of nitrogens with zero attached hydrogens (tertiary/aromatic N) is 3. The number of hydrogen-bond donors (Lipinski definition) is 0. The molecular formula is C26H28FN3O3. The summed E-state index contributed by atoms with van der Waals surface area (Å²) in [5.41, 5.74) is 3.86. The van der Waals surface area contributed by atoms with Crippen molar-refractivity contribution < 1.29 is 18.7 Å². The third-order valence-corrected chi connectivity index (χ3v) is 5.99. The fraction of sp³-hybridized carbons (Fsp3) is 0.346. The fourth-order valence-corrected chi connectivity index (χ4v) is 4.34. The van der Waals surface area contributed by atoms with Gasteiger partial charge in [-0.05, 0) is 63.4 Å². The molecule has 1 amide bonds. The first-order valence-electron chi connectivity index (χ1n) is 11.3. The number of rotatable bonds is 5. The molecule has 172 valence electrons. The molecule has 1 aliphatic heterocycles. The lowest BCUT2D eigenvalue weighted by Gasteiger charge is -2.31. The number of likely N-dealkylation sites (tertiary alicyclic amines) is 1. The first-order valence-corrected chi connectivity index (χ1v) is 11.3. The average Bonchev–Trinajstić information content (AvgIpc) is 3.24. The summed E-state index contributed by atoms with van der Waals surface area (Å²) in [7, 11) is 0. The van der Waals surface area contributed by atoms with Crippen LogP contribution in [-0.2, 0) is 9.53 Å². The van der Waals surface area contributed by atoms with E-state index >= 15 is 0 Å². The summed E-state index contributed by atoms with van der Waals surface area (Å²) in [6.07, 6.45) is 1.41. The number of aryl methyl sites for hydroxylation is 2. The highest BCUT2D eigenvalue weighted by Gasteiger charge is 2.32. The highest BCUT2D eigenvalue weighted by molar-refractivity contribution is 5.95. The Labute approximate surface area is 193 Å². The minimum atomic E-state index is -0.401. The van der Waals surface area contributed by atoms with Gasteiger partial charge >= 0.3 is 5.97 Å². The van der Waals surface area contributed by atoms with Gasteiger partial charge in [0.1, 0.15) is 11.5 Å². The fourth-order valence-electron chi connectivity index (χ4n) is 4.34. The lowest BCUT2D eigenvalue weighted by atomic mass is 9.98. The van der Waals surface area contributed by atoms with Crippen LogP contribution in [0.1, 0.15) is 41.4 Å². The van der Waals surface area contributed by atoms with Crippen molar-refractivity contribution in [2.75, 3.05) is 19.7 Å². The largest absolute Gasteiger partial charge is 0.466 e. The molecular weight excluding hydrogens is 421 g/mol. The van der Waals surface area contributed by atoms with Crippen molar-refractivity contribution in [2.24, 2.45) is 5.92 Å². The summed E-state index contributed by atoms with van der Waals surface area (Å²) >= 11 is 0. The number of halogens is 1. The minimum absolute atomic E-state index is 0.237. The topological polar surface area (TPSA) is 64.4 Å². The van der Waals surface area contributed by atoms with Gasteiger partial charge < -0.3 is 9.64 Å². The van der Waals surface area contributed by atoms with E-state index in [4.69, 9.17) is 4.74 Å². The lowest BCUT2D eigenvalue weighted by molar-refractivity contribution is -0.149. The molecule has 1 aliphatic rings. The Bertz CT molecular complexity index is 1190. The lowest BCUT2D eigenvalue weighted by Crippen LogP contribution is -2.43. The predicted octanol–water partition coefficient (Wildman–Crippen LogP) is 4.71. The molecule has 1 atom stereocenters. The number of ether oxygens (including phenoxy) is 1. The van der Waals surface area contributed by atoms with Crippen molar-refractivity contribution in [3.05, 3.63) is 71.2 Å². The summed E-state index contributed by atoms with van der Waals surface area (Å²) in [5.74, 6) is -1.25. The molecule has 1 unspecified atom stereocenters. The number of amides is 1. The molecule has 33 heavy (non-hydrogen) atoms. The number of piperidine rings is 1.